The standard InChI is InChI=1S/C21H23N7/c1-16-12-20(28-21(25-16)22-15-24-28)18-4-2-10-26(14-18)13-17-5-7-19(8-6-17)27-11-3-9-23-27/h3,5-9,11-12,15,18H,2,4,10,13-14H2,1H3. The third-order valence-corrected chi connectivity index (χ3v) is 5.44. The summed E-state index contributed by atoms with van der Waals surface area (Å²) in [6, 6.07) is 12.8. The van der Waals surface area contributed by atoms with Gasteiger partial charge in [-0.15, -0.1) is 0 Å². The maximum Gasteiger partial charge on any atom is 0.252 e. The first-order valence-corrected chi connectivity index (χ1v) is 9.75. The molecule has 1 aliphatic rings. The lowest BCUT2D eigenvalue weighted by atomic mass is 9.93. The van der Waals surface area contributed by atoms with Crippen LogP contribution in [0.4, 0.5) is 0 Å². The summed E-state index contributed by atoms with van der Waals surface area (Å²) >= 11 is 0. The molecule has 7 heteroatoms. The fourth-order valence-electron chi connectivity index (χ4n) is 4.12. The molecule has 1 fully saturated rings. The van der Waals surface area contributed by atoms with E-state index in [-0.39, 0.29) is 0 Å². The van der Waals surface area contributed by atoms with Crippen LogP contribution in [0.25, 0.3) is 11.5 Å². The van der Waals surface area contributed by atoms with Crippen LogP contribution in [0.3, 0.4) is 0 Å². The lowest BCUT2D eigenvalue weighted by molar-refractivity contribution is 0.197. The highest BCUT2D eigenvalue weighted by Gasteiger charge is 2.24. The van der Waals surface area contributed by atoms with Crippen LogP contribution in [0.1, 0.15) is 35.7 Å². The summed E-state index contributed by atoms with van der Waals surface area (Å²) in [5.74, 6) is 1.14. The summed E-state index contributed by atoms with van der Waals surface area (Å²) in [4.78, 5) is 11.3. The van der Waals surface area contributed by atoms with Gasteiger partial charge in [-0.1, -0.05) is 12.1 Å². The Labute approximate surface area is 163 Å². The number of likely N-dealkylation sites (tertiary alicyclic amines) is 1. The van der Waals surface area contributed by atoms with Crippen LogP contribution in [0.5, 0.6) is 0 Å². The van der Waals surface area contributed by atoms with E-state index in [1.54, 1.807) is 12.5 Å². The Balaban J connectivity index is 1.32. The minimum Gasteiger partial charge on any atom is -0.298 e. The molecule has 0 N–H and O–H groups in total. The van der Waals surface area contributed by atoms with Gasteiger partial charge in [-0.25, -0.2) is 14.2 Å². The van der Waals surface area contributed by atoms with Crippen LogP contribution in [-0.4, -0.2) is 47.4 Å². The van der Waals surface area contributed by atoms with Crippen LogP contribution in [0.2, 0.25) is 0 Å². The lowest BCUT2D eigenvalue weighted by Gasteiger charge is -2.33. The number of hydrogen-bond donors (Lipinski definition) is 0. The second-order valence-corrected chi connectivity index (χ2v) is 7.49. The summed E-state index contributed by atoms with van der Waals surface area (Å²) in [5.41, 5.74) is 4.64. The van der Waals surface area contributed by atoms with Gasteiger partial charge in [-0.2, -0.15) is 15.2 Å². The van der Waals surface area contributed by atoms with Crippen molar-refractivity contribution in [2.24, 2.45) is 0 Å². The summed E-state index contributed by atoms with van der Waals surface area (Å²) in [7, 11) is 0. The Bertz CT molecular complexity index is 1070. The van der Waals surface area contributed by atoms with Crippen LogP contribution in [0.15, 0.2) is 55.1 Å². The van der Waals surface area contributed by atoms with Crippen molar-refractivity contribution in [1.82, 2.24) is 34.3 Å². The molecule has 4 aromatic rings. The third kappa shape index (κ3) is 3.29. The Morgan fingerprint density at radius 2 is 2.04 bits per heavy atom. The SMILES string of the molecule is Cc1cc(C2CCCN(Cc3ccc(-n4cccn4)cc3)C2)n2ncnc2n1. The number of aromatic nitrogens is 6. The smallest absolute Gasteiger partial charge is 0.252 e. The molecule has 1 unspecified atom stereocenters. The minimum atomic E-state index is 0.447. The van der Waals surface area contributed by atoms with E-state index in [0.29, 0.717) is 11.7 Å². The Kier molecular flexibility index (Phi) is 4.37. The van der Waals surface area contributed by atoms with Crippen LogP contribution in [0, 0.1) is 6.92 Å². The van der Waals surface area contributed by atoms with E-state index in [4.69, 9.17) is 0 Å². The Hall–Kier alpha value is -3.06. The van der Waals surface area contributed by atoms with Crippen molar-refractivity contribution in [2.75, 3.05) is 13.1 Å². The number of rotatable bonds is 4. The molecule has 0 bridgehead atoms. The van der Waals surface area contributed by atoms with Gasteiger partial charge < -0.3 is 0 Å². The fraction of sp³-hybridized carbons (Fsp3) is 0.333. The van der Waals surface area contributed by atoms with E-state index >= 15 is 0 Å². The molecule has 142 valence electrons. The first-order valence-electron chi connectivity index (χ1n) is 9.75. The molecule has 7 nitrogen and oxygen atoms in total. The second-order valence-electron chi connectivity index (χ2n) is 7.49. The number of fused-ring (bicyclic) bond motifs is 1. The highest BCUT2D eigenvalue weighted by molar-refractivity contribution is 5.34. The van der Waals surface area contributed by atoms with E-state index in [9.17, 15) is 0 Å². The topological polar surface area (TPSA) is 64.1 Å². The number of hydrogen-bond acceptors (Lipinski definition) is 5. The fourth-order valence-corrected chi connectivity index (χ4v) is 4.12. The monoisotopic (exact) mass is 373 g/mol. The highest BCUT2D eigenvalue weighted by Crippen LogP contribution is 2.28. The van der Waals surface area contributed by atoms with E-state index in [1.165, 1.54) is 24.1 Å². The first-order chi connectivity index (χ1) is 13.8. The molecule has 1 aliphatic heterocycles. The zero-order valence-corrected chi connectivity index (χ0v) is 15.9. The zero-order chi connectivity index (χ0) is 18.9. The molecule has 5 rings (SSSR count). The summed E-state index contributed by atoms with van der Waals surface area (Å²) < 4.78 is 3.79. The van der Waals surface area contributed by atoms with E-state index < -0.39 is 0 Å². The van der Waals surface area contributed by atoms with Crippen molar-refractivity contribution in [3.05, 3.63) is 72.1 Å². The molecule has 4 heterocycles. The average molecular weight is 373 g/mol. The zero-order valence-electron chi connectivity index (χ0n) is 15.9. The number of benzene rings is 1. The molecule has 3 aromatic heterocycles. The van der Waals surface area contributed by atoms with Crippen molar-refractivity contribution >= 4 is 5.78 Å². The van der Waals surface area contributed by atoms with Crippen LogP contribution < -0.4 is 0 Å². The van der Waals surface area contributed by atoms with Gasteiger partial charge in [0.1, 0.15) is 6.33 Å². The second kappa shape index (κ2) is 7.16. The van der Waals surface area contributed by atoms with Gasteiger partial charge in [0.15, 0.2) is 0 Å². The van der Waals surface area contributed by atoms with E-state index in [0.717, 1.165) is 31.0 Å². The normalized spacial score (nSPS) is 18.0. The van der Waals surface area contributed by atoms with E-state index in [2.05, 4.69) is 55.4 Å². The molecule has 0 saturated carbocycles. The Morgan fingerprint density at radius 3 is 2.86 bits per heavy atom. The van der Waals surface area contributed by atoms with Gasteiger partial charge >= 0.3 is 0 Å². The average Bonchev–Trinajstić information content (AvgIpc) is 3.40. The summed E-state index contributed by atoms with van der Waals surface area (Å²) in [5, 5.41) is 8.68. The largest absolute Gasteiger partial charge is 0.298 e. The molecular formula is C21H23N7. The van der Waals surface area contributed by atoms with Gasteiger partial charge in [-0.3, -0.25) is 4.90 Å². The summed E-state index contributed by atoms with van der Waals surface area (Å²) in [6.45, 7) is 5.14. The molecule has 1 atom stereocenters. The molecule has 0 amide bonds. The van der Waals surface area contributed by atoms with E-state index in [1.807, 2.05) is 28.4 Å². The molecule has 1 saturated heterocycles. The Morgan fingerprint density at radius 1 is 1.14 bits per heavy atom. The maximum absolute atomic E-state index is 4.48. The van der Waals surface area contributed by atoms with Crippen molar-refractivity contribution in [3.63, 3.8) is 0 Å². The molecular weight excluding hydrogens is 350 g/mol. The number of nitrogens with zero attached hydrogens (tertiary/aromatic N) is 7. The third-order valence-electron chi connectivity index (χ3n) is 5.44. The molecule has 1 aromatic carbocycles. The number of piperidine rings is 1. The highest BCUT2D eigenvalue weighted by atomic mass is 15.3. The van der Waals surface area contributed by atoms with Gasteiger partial charge in [0, 0.05) is 37.1 Å². The molecule has 0 spiro atoms. The molecule has 0 radical (unpaired) electrons. The van der Waals surface area contributed by atoms with Gasteiger partial charge in [0.05, 0.1) is 11.4 Å². The minimum absolute atomic E-state index is 0.447. The summed E-state index contributed by atoms with van der Waals surface area (Å²) in [6.07, 6.45) is 7.72. The quantitative estimate of drug-likeness (QED) is 0.550. The predicted octanol–water partition coefficient (Wildman–Crippen LogP) is 3.00. The van der Waals surface area contributed by atoms with Crippen molar-refractivity contribution in [1.29, 1.82) is 0 Å². The van der Waals surface area contributed by atoms with Crippen molar-refractivity contribution in [2.45, 2.75) is 32.2 Å². The van der Waals surface area contributed by atoms with Crippen LogP contribution in [-0.2, 0) is 6.54 Å². The lowest BCUT2D eigenvalue weighted by Crippen LogP contribution is -2.34. The van der Waals surface area contributed by atoms with Gasteiger partial charge in [0.25, 0.3) is 5.78 Å². The molecule has 28 heavy (non-hydrogen) atoms. The predicted molar refractivity (Wildman–Crippen MR) is 106 cm³/mol. The molecule has 0 aliphatic carbocycles. The first kappa shape index (κ1) is 17.1. The van der Waals surface area contributed by atoms with Gasteiger partial charge in [0.2, 0.25) is 0 Å². The number of aryl methyl sites for hydroxylation is 1. The maximum atomic E-state index is 4.48. The van der Waals surface area contributed by atoms with Crippen molar-refractivity contribution in [3.8, 4) is 5.69 Å². The van der Waals surface area contributed by atoms with Crippen LogP contribution >= 0.6 is 0 Å². The van der Waals surface area contributed by atoms with Gasteiger partial charge in [-0.05, 0) is 56.1 Å². The van der Waals surface area contributed by atoms with Crippen molar-refractivity contribution < 1.29 is 0 Å².